The van der Waals surface area contributed by atoms with Gasteiger partial charge >= 0.3 is 0 Å². The SMILES string of the molecule is CCCCCCCCCC(O)/C=C\c1ccccn1. The topological polar surface area (TPSA) is 33.1 Å². The Morgan fingerprint density at radius 1 is 1.11 bits per heavy atom. The van der Waals surface area contributed by atoms with Gasteiger partial charge in [-0.3, -0.25) is 4.98 Å². The van der Waals surface area contributed by atoms with Crippen molar-refractivity contribution in [2.75, 3.05) is 0 Å². The summed E-state index contributed by atoms with van der Waals surface area (Å²) in [5.74, 6) is 0. The number of hydrogen-bond acceptors (Lipinski definition) is 2. The maximum Gasteiger partial charge on any atom is 0.0724 e. The summed E-state index contributed by atoms with van der Waals surface area (Å²) in [6.45, 7) is 2.24. The Kier molecular flexibility index (Phi) is 8.99. The first-order valence-electron chi connectivity index (χ1n) is 7.60. The number of aliphatic hydroxyl groups excluding tert-OH is 1. The molecule has 2 heteroatoms. The molecule has 0 bridgehead atoms. The average Bonchev–Trinajstić information content (AvgIpc) is 2.45. The Bertz CT molecular complexity index is 334. The summed E-state index contributed by atoms with van der Waals surface area (Å²) in [4.78, 5) is 4.19. The van der Waals surface area contributed by atoms with E-state index in [0.717, 1.165) is 18.5 Å². The second kappa shape index (κ2) is 10.7. The van der Waals surface area contributed by atoms with Crippen molar-refractivity contribution in [2.45, 2.75) is 64.4 Å². The zero-order valence-corrected chi connectivity index (χ0v) is 12.1. The van der Waals surface area contributed by atoms with Crippen molar-refractivity contribution in [1.29, 1.82) is 0 Å². The van der Waals surface area contributed by atoms with Crippen molar-refractivity contribution in [1.82, 2.24) is 4.98 Å². The Labute approximate surface area is 117 Å². The van der Waals surface area contributed by atoms with Crippen molar-refractivity contribution < 1.29 is 5.11 Å². The second-order valence-electron chi connectivity index (χ2n) is 5.09. The standard InChI is InChI=1S/C17H27NO/c1-2-3-4-5-6-7-8-12-17(19)14-13-16-11-9-10-15-18-16/h9-11,13-15,17,19H,2-8,12H2,1H3/b14-13-. The molecule has 106 valence electrons. The lowest BCUT2D eigenvalue weighted by atomic mass is 10.1. The van der Waals surface area contributed by atoms with Crippen molar-refractivity contribution in [3.63, 3.8) is 0 Å². The molecule has 1 heterocycles. The van der Waals surface area contributed by atoms with E-state index >= 15 is 0 Å². The highest BCUT2D eigenvalue weighted by molar-refractivity contribution is 5.44. The van der Waals surface area contributed by atoms with E-state index in [1.165, 1.54) is 38.5 Å². The van der Waals surface area contributed by atoms with Crippen LogP contribution in [0.3, 0.4) is 0 Å². The zero-order chi connectivity index (χ0) is 13.8. The normalized spacial score (nSPS) is 12.9. The van der Waals surface area contributed by atoms with Crippen LogP contribution < -0.4 is 0 Å². The van der Waals surface area contributed by atoms with E-state index in [-0.39, 0.29) is 6.10 Å². The van der Waals surface area contributed by atoms with E-state index in [2.05, 4.69) is 11.9 Å². The van der Waals surface area contributed by atoms with E-state index in [0.29, 0.717) is 0 Å². The third-order valence-corrected chi connectivity index (χ3v) is 3.28. The van der Waals surface area contributed by atoms with E-state index in [4.69, 9.17) is 0 Å². The van der Waals surface area contributed by atoms with Crippen LogP contribution in [0.25, 0.3) is 6.08 Å². The molecule has 19 heavy (non-hydrogen) atoms. The highest BCUT2D eigenvalue weighted by Gasteiger charge is 1.99. The molecule has 1 unspecified atom stereocenters. The molecule has 0 amide bonds. The first-order valence-corrected chi connectivity index (χ1v) is 7.60. The molecule has 1 aromatic rings. The minimum Gasteiger partial charge on any atom is -0.389 e. The summed E-state index contributed by atoms with van der Waals surface area (Å²) in [5, 5.41) is 9.84. The monoisotopic (exact) mass is 261 g/mol. The van der Waals surface area contributed by atoms with Gasteiger partial charge in [-0.05, 0) is 24.6 Å². The molecule has 1 aromatic heterocycles. The zero-order valence-electron chi connectivity index (χ0n) is 12.1. The van der Waals surface area contributed by atoms with Gasteiger partial charge in [-0.25, -0.2) is 0 Å². The minimum atomic E-state index is -0.336. The smallest absolute Gasteiger partial charge is 0.0724 e. The van der Waals surface area contributed by atoms with Gasteiger partial charge in [0.25, 0.3) is 0 Å². The van der Waals surface area contributed by atoms with Gasteiger partial charge < -0.3 is 5.11 Å². The maximum absolute atomic E-state index is 9.84. The minimum absolute atomic E-state index is 0.336. The molecule has 0 saturated carbocycles. The molecule has 0 aliphatic carbocycles. The van der Waals surface area contributed by atoms with Crippen LogP contribution in [-0.2, 0) is 0 Å². The van der Waals surface area contributed by atoms with Crippen LogP contribution in [-0.4, -0.2) is 16.2 Å². The quantitative estimate of drug-likeness (QED) is 0.625. The molecule has 2 nitrogen and oxygen atoms in total. The third-order valence-electron chi connectivity index (χ3n) is 3.28. The van der Waals surface area contributed by atoms with E-state index in [1.54, 1.807) is 6.20 Å². The summed E-state index contributed by atoms with van der Waals surface area (Å²) in [6, 6.07) is 5.79. The van der Waals surface area contributed by atoms with Crippen LogP contribution >= 0.6 is 0 Å². The Morgan fingerprint density at radius 3 is 2.53 bits per heavy atom. The molecule has 0 fully saturated rings. The van der Waals surface area contributed by atoms with Gasteiger partial charge in [0.05, 0.1) is 11.8 Å². The number of pyridine rings is 1. The van der Waals surface area contributed by atoms with Crippen LogP contribution in [0.5, 0.6) is 0 Å². The molecule has 0 radical (unpaired) electrons. The molecule has 1 rings (SSSR count). The molecule has 0 aromatic carbocycles. The predicted molar refractivity (Wildman–Crippen MR) is 81.9 cm³/mol. The van der Waals surface area contributed by atoms with Crippen molar-refractivity contribution in [3.05, 3.63) is 36.2 Å². The largest absolute Gasteiger partial charge is 0.389 e. The van der Waals surface area contributed by atoms with Crippen LogP contribution in [0.15, 0.2) is 30.5 Å². The lowest BCUT2D eigenvalue weighted by Gasteiger charge is -2.05. The predicted octanol–water partition coefficient (Wildman–Crippen LogP) is 4.60. The third kappa shape index (κ3) is 8.55. The van der Waals surface area contributed by atoms with Gasteiger partial charge in [0.2, 0.25) is 0 Å². The first kappa shape index (κ1) is 15.9. The summed E-state index contributed by atoms with van der Waals surface area (Å²) in [7, 11) is 0. The molecule has 1 N–H and O–H groups in total. The van der Waals surface area contributed by atoms with Gasteiger partial charge in [-0.1, -0.05) is 64.0 Å². The Balaban J connectivity index is 2.05. The lowest BCUT2D eigenvalue weighted by molar-refractivity contribution is 0.208. The number of unbranched alkanes of at least 4 members (excludes halogenated alkanes) is 6. The maximum atomic E-state index is 9.84. The number of aromatic nitrogens is 1. The van der Waals surface area contributed by atoms with E-state index < -0.39 is 0 Å². The van der Waals surface area contributed by atoms with E-state index in [1.807, 2.05) is 30.4 Å². The molecular weight excluding hydrogens is 234 g/mol. The summed E-state index contributed by atoms with van der Waals surface area (Å²) < 4.78 is 0. The van der Waals surface area contributed by atoms with Crippen LogP contribution in [0.1, 0.15) is 64.0 Å². The second-order valence-corrected chi connectivity index (χ2v) is 5.09. The molecule has 0 saturated heterocycles. The number of rotatable bonds is 10. The fraction of sp³-hybridized carbons (Fsp3) is 0.588. The first-order chi connectivity index (χ1) is 9.33. The number of hydrogen-bond donors (Lipinski definition) is 1. The molecular formula is C17H27NO. The van der Waals surface area contributed by atoms with Crippen molar-refractivity contribution >= 4 is 6.08 Å². The van der Waals surface area contributed by atoms with Gasteiger partial charge in [0.1, 0.15) is 0 Å². The summed E-state index contributed by atoms with van der Waals surface area (Å²) >= 11 is 0. The fourth-order valence-electron chi connectivity index (χ4n) is 2.09. The van der Waals surface area contributed by atoms with Gasteiger partial charge in [-0.2, -0.15) is 0 Å². The van der Waals surface area contributed by atoms with Crippen LogP contribution in [0.2, 0.25) is 0 Å². The summed E-state index contributed by atoms with van der Waals surface area (Å²) in [6.07, 6.45) is 15.0. The average molecular weight is 261 g/mol. The Hall–Kier alpha value is -1.15. The fourth-order valence-corrected chi connectivity index (χ4v) is 2.09. The van der Waals surface area contributed by atoms with Crippen molar-refractivity contribution in [2.24, 2.45) is 0 Å². The Morgan fingerprint density at radius 2 is 1.84 bits per heavy atom. The van der Waals surface area contributed by atoms with Crippen LogP contribution in [0.4, 0.5) is 0 Å². The van der Waals surface area contributed by atoms with Gasteiger partial charge in [0.15, 0.2) is 0 Å². The highest BCUT2D eigenvalue weighted by Crippen LogP contribution is 2.10. The van der Waals surface area contributed by atoms with Gasteiger partial charge in [0, 0.05) is 6.20 Å². The van der Waals surface area contributed by atoms with Crippen molar-refractivity contribution in [3.8, 4) is 0 Å². The van der Waals surface area contributed by atoms with E-state index in [9.17, 15) is 5.11 Å². The molecule has 0 aliphatic heterocycles. The molecule has 0 aliphatic rings. The molecule has 1 atom stereocenters. The number of aliphatic hydroxyl groups is 1. The number of nitrogens with zero attached hydrogens (tertiary/aromatic N) is 1. The van der Waals surface area contributed by atoms with Gasteiger partial charge in [-0.15, -0.1) is 0 Å². The summed E-state index contributed by atoms with van der Waals surface area (Å²) in [5.41, 5.74) is 0.904. The molecule has 0 spiro atoms. The van der Waals surface area contributed by atoms with Crippen LogP contribution in [0, 0.1) is 0 Å². The lowest BCUT2D eigenvalue weighted by Crippen LogP contribution is -2.01. The highest BCUT2D eigenvalue weighted by atomic mass is 16.3.